The Morgan fingerprint density at radius 1 is 1.12 bits per heavy atom. The van der Waals surface area contributed by atoms with E-state index in [2.05, 4.69) is 0 Å². The lowest BCUT2D eigenvalue weighted by molar-refractivity contribution is 0.153. The molecule has 0 saturated carbocycles. The van der Waals surface area contributed by atoms with E-state index < -0.39 is 5.60 Å². The van der Waals surface area contributed by atoms with Crippen molar-refractivity contribution in [2.24, 2.45) is 0 Å². The first kappa shape index (κ1) is 14.9. The van der Waals surface area contributed by atoms with Crippen LogP contribution in [-0.4, -0.2) is 22.4 Å². The van der Waals surface area contributed by atoms with Crippen LogP contribution in [0.1, 0.15) is 36.5 Å². The van der Waals surface area contributed by atoms with Gasteiger partial charge < -0.3 is 19.7 Å². The second-order valence-electron chi connectivity index (χ2n) is 6.96. The zero-order chi connectivity index (χ0) is 16.9. The molecular formula is C20H20O4. The largest absolute Gasteiger partial charge is 0.508 e. The van der Waals surface area contributed by atoms with E-state index in [0.717, 1.165) is 34.6 Å². The second kappa shape index (κ2) is 5.20. The Bertz CT molecular complexity index is 836. The summed E-state index contributed by atoms with van der Waals surface area (Å²) in [7, 11) is 0. The molecule has 4 nitrogen and oxygen atoms in total. The standard InChI is InChI=1S/C20H20O4/c1-20(2)8-7-16-17(22)6-5-15(19(16)24-20)13-9-12-3-4-14(21)10-18(12)23-11-13/h3-8,10,13,21-22H,9,11H2,1-2H3. The maximum absolute atomic E-state index is 10.1. The number of rotatable bonds is 1. The van der Waals surface area contributed by atoms with E-state index in [1.807, 2.05) is 38.1 Å². The predicted molar refractivity (Wildman–Crippen MR) is 91.9 cm³/mol. The van der Waals surface area contributed by atoms with Crippen LogP contribution in [0.4, 0.5) is 0 Å². The van der Waals surface area contributed by atoms with Crippen molar-refractivity contribution in [1.29, 1.82) is 0 Å². The van der Waals surface area contributed by atoms with Gasteiger partial charge >= 0.3 is 0 Å². The highest BCUT2D eigenvalue weighted by Gasteiger charge is 2.30. The molecule has 2 aliphatic heterocycles. The fourth-order valence-electron chi connectivity index (χ4n) is 3.34. The first-order chi connectivity index (χ1) is 11.4. The Morgan fingerprint density at radius 3 is 2.79 bits per heavy atom. The molecule has 0 aromatic heterocycles. The van der Waals surface area contributed by atoms with E-state index in [9.17, 15) is 10.2 Å². The van der Waals surface area contributed by atoms with Crippen LogP contribution in [0.3, 0.4) is 0 Å². The highest BCUT2D eigenvalue weighted by atomic mass is 16.5. The molecule has 1 unspecified atom stereocenters. The SMILES string of the molecule is CC1(C)C=Cc2c(O)ccc(C3COc4cc(O)ccc4C3)c2O1. The number of fused-ring (bicyclic) bond motifs is 2. The van der Waals surface area contributed by atoms with Gasteiger partial charge in [0, 0.05) is 17.5 Å². The number of benzene rings is 2. The smallest absolute Gasteiger partial charge is 0.135 e. The van der Waals surface area contributed by atoms with E-state index in [4.69, 9.17) is 9.47 Å². The van der Waals surface area contributed by atoms with E-state index in [-0.39, 0.29) is 17.4 Å². The Kier molecular flexibility index (Phi) is 3.23. The van der Waals surface area contributed by atoms with Crippen molar-refractivity contribution in [2.45, 2.75) is 31.8 Å². The quantitative estimate of drug-likeness (QED) is 0.832. The summed E-state index contributed by atoms with van der Waals surface area (Å²) in [6.45, 7) is 4.51. The summed E-state index contributed by atoms with van der Waals surface area (Å²) in [4.78, 5) is 0. The van der Waals surface area contributed by atoms with Gasteiger partial charge in [-0.15, -0.1) is 0 Å². The fourth-order valence-corrected chi connectivity index (χ4v) is 3.34. The average Bonchev–Trinajstić information content (AvgIpc) is 2.54. The Balaban J connectivity index is 1.74. The average molecular weight is 324 g/mol. The summed E-state index contributed by atoms with van der Waals surface area (Å²) in [5.41, 5.74) is 2.42. The number of aromatic hydroxyl groups is 2. The number of phenolic OH excluding ortho intramolecular Hbond substituents is 2. The van der Waals surface area contributed by atoms with Crippen molar-refractivity contribution >= 4 is 6.08 Å². The van der Waals surface area contributed by atoms with Crippen LogP contribution in [0.2, 0.25) is 0 Å². The molecule has 2 aromatic carbocycles. The lowest BCUT2D eigenvalue weighted by Crippen LogP contribution is -2.29. The van der Waals surface area contributed by atoms with Crippen LogP contribution >= 0.6 is 0 Å². The van der Waals surface area contributed by atoms with Crippen molar-refractivity contribution < 1.29 is 19.7 Å². The molecule has 0 amide bonds. The minimum atomic E-state index is -0.408. The monoisotopic (exact) mass is 324 g/mol. The molecule has 2 aliphatic rings. The summed E-state index contributed by atoms with van der Waals surface area (Å²) in [5.74, 6) is 2.05. The zero-order valence-electron chi connectivity index (χ0n) is 13.7. The Morgan fingerprint density at radius 2 is 1.96 bits per heavy atom. The predicted octanol–water partition coefficient (Wildman–Crippen LogP) is 4.00. The molecule has 1 atom stereocenters. The number of phenols is 2. The second-order valence-corrected chi connectivity index (χ2v) is 6.96. The third kappa shape index (κ3) is 2.48. The molecular weight excluding hydrogens is 304 g/mol. The minimum Gasteiger partial charge on any atom is -0.508 e. The van der Waals surface area contributed by atoms with Crippen molar-refractivity contribution in [2.75, 3.05) is 6.61 Å². The maximum atomic E-state index is 10.1. The first-order valence-electron chi connectivity index (χ1n) is 8.12. The van der Waals surface area contributed by atoms with Crippen molar-refractivity contribution in [3.63, 3.8) is 0 Å². The van der Waals surface area contributed by atoms with Gasteiger partial charge in [-0.25, -0.2) is 0 Å². The van der Waals surface area contributed by atoms with Crippen LogP contribution < -0.4 is 9.47 Å². The van der Waals surface area contributed by atoms with Crippen molar-refractivity contribution in [3.8, 4) is 23.0 Å². The molecule has 4 rings (SSSR count). The van der Waals surface area contributed by atoms with Crippen LogP contribution in [0, 0.1) is 0 Å². The van der Waals surface area contributed by atoms with Gasteiger partial charge in [0.15, 0.2) is 0 Å². The molecule has 0 saturated heterocycles. The topological polar surface area (TPSA) is 58.9 Å². The summed E-state index contributed by atoms with van der Waals surface area (Å²) < 4.78 is 12.0. The van der Waals surface area contributed by atoms with Crippen molar-refractivity contribution in [3.05, 3.63) is 53.1 Å². The normalized spacial score (nSPS) is 20.5. The maximum Gasteiger partial charge on any atom is 0.135 e. The van der Waals surface area contributed by atoms with Crippen LogP contribution in [0.25, 0.3) is 6.08 Å². The van der Waals surface area contributed by atoms with E-state index in [0.29, 0.717) is 6.61 Å². The first-order valence-corrected chi connectivity index (χ1v) is 8.12. The molecule has 0 radical (unpaired) electrons. The molecule has 0 aliphatic carbocycles. The third-order valence-corrected chi connectivity index (χ3v) is 4.62. The lowest BCUT2D eigenvalue weighted by atomic mass is 9.87. The molecule has 0 spiro atoms. The van der Waals surface area contributed by atoms with Gasteiger partial charge in [0.2, 0.25) is 0 Å². The lowest BCUT2D eigenvalue weighted by Gasteiger charge is -2.33. The van der Waals surface area contributed by atoms with Crippen LogP contribution in [-0.2, 0) is 6.42 Å². The molecule has 0 bridgehead atoms. The molecule has 24 heavy (non-hydrogen) atoms. The van der Waals surface area contributed by atoms with E-state index in [1.165, 1.54) is 0 Å². The van der Waals surface area contributed by atoms with Crippen LogP contribution in [0.5, 0.6) is 23.0 Å². The highest BCUT2D eigenvalue weighted by Crippen LogP contribution is 2.44. The molecule has 0 fully saturated rings. The van der Waals surface area contributed by atoms with E-state index in [1.54, 1.807) is 18.2 Å². The van der Waals surface area contributed by atoms with Gasteiger partial charge in [-0.3, -0.25) is 0 Å². The van der Waals surface area contributed by atoms with Gasteiger partial charge in [-0.05, 0) is 50.1 Å². The van der Waals surface area contributed by atoms with Gasteiger partial charge in [0.05, 0.1) is 12.2 Å². The molecule has 124 valence electrons. The molecule has 2 N–H and O–H groups in total. The van der Waals surface area contributed by atoms with E-state index >= 15 is 0 Å². The number of ether oxygens (including phenoxy) is 2. The fraction of sp³-hybridized carbons (Fsp3) is 0.300. The minimum absolute atomic E-state index is 0.138. The number of hydrogen-bond acceptors (Lipinski definition) is 4. The van der Waals surface area contributed by atoms with Gasteiger partial charge in [-0.1, -0.05) is 12.1 Å². The summed E-state index contributed by atoms with van der Waals surface area (Å²) >= 11 is 0. The number of hydrogen-bond donors (Lipinski definition) is 2. The van der Waals surface area contributed by atoms with Gasteiger partial charge in [-0.2, -0.15) is 0 Å². The zero-order valence-corrected chi connectivity index (χ0v) is 13.7. The molecule has 2 aromatic rings. The summed E-state index contributed by atoms with van der Waals surface area (Å²) in [6, 6.07) is 8.86. The van der Waals surface area contributed by atoms with Gasteiger partial charge in [0.1, 0.15) is 28.6 Å². The summed E-state index contributed by atoms with van der Waals surface area (Å²) in [6.07, 6.45) is 4.68. The van der Waals surface area contributed by atoms with Crippen molar-refractivity contribution in [1.82, 2.24) is 0 Å². The van der Waals surface area contributed by atoms with Gasteiger partial charge in [0.25, 0.3) is 0 Å². The summed E-state index contributed by atoms with van der Waals surface area (Å²) in [5, 5.41) is 19.7. The molecule has 2 heterocycles. The third-order valence-electron chi connectivity index (χ3n) is 4.62. The Labute approximate surface area is 141 Å². The van der Waals surface area contributed by atoms with Crippen LogP contribution in [0.15, 0.2) is 36.4 Å². The Hall–Kier alpha value is -2.62. The highest BCUT2D eigenvalue weighted by molar-refractivity contribution is 5.69. The molecule has 4 heteroatoms.